The first-order chi connectivity index (χ1) is 0. The zero-order valence-corrected chi connectivity index (χ0v) is 4.14. The maximum Gasteiger partial charge on any atom is 4.00 e. The molecule has 0 atom stereocenters. The molecule has 7 heteroatoms. The van der Waals surface area contributed by atoms with E-state index in [0.29, 0.717) is 0 Å². The molecule has 8 heavy (non-hydrogen) atoms. The third-order valence-corrected chi connectivity index (χ3v) is 0. The first kappa shape index (κ1) is 54300. The molecule has 0 fully saturated rings. The molecule has 0 bridgehead atoms. The molecule has 0 aromatic carbocycles. The van der Waals surface area contributed by atoms with Crippen molar-refractivity contribution < 1.29 is 45.0 Å². The fraction of sp³-hybridized carbons (Fsp3) is 0. The van der Waals surface area contributed by atoms with Crippen LogP contribution in [0.15, 0.2) is 0 Å². The van der Waals surface area contributed by atoms with Crippen LogP contribution in [0.4, 0.5) is 0 Å². The Labute approximate surface area is 53.4 Å². The van der Waals surface area contributed by atoms with Crippen LogP contribution in [0.2, 0.25) is 0 Å². The number of hydrogen-bond acceptors (Lipinski definition) is 0. The molecule has 0 nitrogen and oxygen atoms in total. The summed E-state index contributed by atoms with van der Waals surface area (Å²) in [5, 5.41) is 0. The molecule has 0 aromatic heterocycles. The van der Waals surface area contributed by atoms with Gasteiger partial charge in [0.1, 0.15) is 0 Å². The first-order valence-electron chi connectivity index (χ1n) is 0. The minimum absolute atomic E-state index is 0. The van der Waals surface area contributed by atoms with E-state index in [2.05, 4.69) is 0 Å². The second-order valence-electron chi connectivity index (χ2n) is 0. The van der Waals surface area contributed by atoms with Gasteiger partial charge in [0.15, 0.2) is 0 Å². The van der Waals surface area contributed by atoms with Crippen molar-refractivity contribution in [2.75, 3.05) is 0 Å². The average molecular weight is 185 g/mol. The Morgan fingerprint density at radius 1 is 0.375 bits per heavy atom. The fourth-order valence-corrected chi connectivity index (χ4v) is 0. The molecule has 0 saturated heterocycles. The summed E-state index contributed by atoms with van der Waals surface area (Å²) in [7, 11) is 0. The molecular weight excluding hydrogens is 185 g/mol. The Morgan fingerprint density at radius 2 is 0.375 bits per heavy atom. The van der Waals surface area contributed by atoms with Crippen LogP contribution in [0.25, 0.3) is 0 Å². The molecule has 0 amide bonds. The molecule has 0 aromatic rings. The topological polar surface area (TPSA) is 0 Å². The van der Waals surface area contributed by atoms with E-state index < -0.39 is 0 Å². The third kappa shape index (κ3) is 21000. The molecule has 0 N–H and O–H groups in total. The van der Waals surface area contributed by atoms with Gasteiger partial charge in [0.05, 0.1) is 0 Å². The summed E-state index contributed by atoms with van der Waals surface area (Å²) < 4.78 is 0. The Kier molecular flexibility index (Phi) is 238000000. The molecule has 0 rings (SSSR count). The Morgan fingerprint density at radius 3 is 0.375 bits per heavy atom. The number of rotatable bonds is 0. The van der Waals surface area contributed by atoms with Gasteiger partial charge < -0.3 is 28.2 Å². The first-order valence-corrected chi connectivity index (χ1v) is 0. The summed E-state index contributed by atoms with van der Waals surface area (Å²) >= 11 is 0. The minimum Gasteiger partial charge on any atom is -1.00 e. The van der Waals surface area contributed by atoms with Crippen molar-refractivity contribution in [2.24, 2.45) is 0 Å². The fourth-order valence-electron chi connectivity index (χ4n) is 0. The van der Waals surface area contributed by atoms with Gasteiger partial charge in [-0.25, -0.2) is 0 Å². The standard InChI is InChI=1S/C.Co.6FH/h;;6*1H/q+4;+2;;;;;;/p-6. The van der Waals surface area contributed by atoms with Crippen molar-refractivity contribution in [2.45, 2.75) is 0 Å². The smallest absolute Gasteiger partial charge is 1.00 e. The van der Waals surface area contributed by atoms with Gasteiger partial charge in [-0.1, -0.05) is 0 Å². The van der Waals surface area contributed by atoms with Crippen molar-refractivity contribution in [1.82, 2.24) is 0 Å². The molecule has 0 aliphatic heterocycles. The van der Waals surface area contributed by atoms with Crippen LogP contribution in [0, 0.1) is 7.43 Å². The minimum atomic E-state index is 0. The van der Waals surface area contributed by atoms with Crippen molar-refractivity contribution in [3.8, 4) is 0 Å². The van der Waals surface area contributed by atoms with Gasteiger partial charge in [0, 0.05) is 0 Å². The van der Waals surface area contributed by atoms with Gasteiger partial charge in [-0.3, -0.25) is 0 Å². The Balaban J connectivity index is 0. The van der Waals surface area contributed by atoms with Gasteiger partial charge >= 0.3 is 24.2 Å². The van der Waals surface area contributed by atoms with Crippen LogP contribution in [-0.4, -0.2) is 0 Å². The van der Waals surface area contributed by atoms with E-state index in [1.807, 2.05) is 0 Å². The maximum atomic E-state index is 0. The Bertz CT molecular complexity index is 8.49. The van der Waals surface area contributed by atoms with Crippen LogP contribution in [0.1, 0.15) is 0 Å². The van der Waals surface area contributed by atoms with Crippen molar-refractivity contribution in [3.63, 3.8) is 0 Å². The number of hydrogen-bond donors (Lipinski definition) is 0. The molecule has 0 saturated carbocycles. The Hall–Kier alpha value is 0.0865. The normalized spacial score (nSPS) is 0. The van der Waals surface area contributed by atoms with E-state index in [1.165, 1.54) is 0 Å². The van der Waals surface area contributed by atoms with Gasteiger partial charge in [-0.15, -0.1) is 0 Å². The summed E-state index contributed by atoms with van der Waals surface area (Å²) in [6.07, 6.45) is 0. The molecule has 0 heterocycles. The van der Waals surface area contributed by atoms with E-state index in [4.69, 9.17) is 0 Å². The molecule has 1 radical (unpaired) electrons. The van der Waals surface area contributed by atoms with Crippen LogP contribution >= 0.6 is 0 Å². The quantitative estimate of drug-likeness (QED) is 0.329. The van der Waals surface area contributed by atoms with E-state index in [1.54, 1.807) is 0 Å². The van der Waals surface area contributed by atoms with Crippen LogP contribution in [0.5, 0.6) is 0 Å². The van der Waals surface area contributed by atoms with Crippen LogP contribution in [0.3, 0.4) is 0 Å². The largest absolute Gasteiger partial charge is 4.00 e. The van der Waals surface area contributed by atoms with Crippen molar-refractivity contribution in [1.29, 1.82) is 0 Å². The van der Waals surface area contributed by atoms with Crippen molar-refractivity contribution >= 4 is 0 Å². The second kappa shape index (κ2) is 35100. The zero-order chi connectivity index (χ0) is 0. The predicted molar refractivity (Wildman–Crippen MR) is 3.24 cm³/mol. The SMILES string of the molecule is [C+4].[Co+2].[F-].[F-].[F-].[F-].[F-].[F-]. The molecule has 0 unspecified atom stereocenters. The average Bonchev–Trinajstić information content (AvgIpc) is 0. The summed E-state index contributed by atoms with van der Waals surface area (Å²) in [6, 6.07) is 0. The molecule has 0 spiro atoms. The third-order valence-electron chi connectivity index (χ3n) is 0. The van der Waals surface area contributed by atoms with Gasteiger partial charge in [-0.2, -0.15) is 0 Å². The van der Waals surface area contributed by atoms with E-state index in [0.717, 1.165) is 0 Å². The van der Waals surface area contributed by atoms with E-state index >= 15 is 0 Å². The molecule has 0 aliphatic rings. The van der Waals surface area contributed by atoms with Crippen molar-refractivity contribution in [3.05, 3.63) is 7.43 Å². The van der Waals surface area contributed by atoms with Crippen LogP contribution < -0.4 is 28.2 Å². The number of halogens is 6. The van der Waals surface area contributed by atoms with Gasteiger partial charge in [0.2, 0.25) is 0 Å². The molecular formula is CCoF6. The molecule has 0 aliphatic carbocycles. The van der Waals surface area contributed by atoms with Crippen LogP contribution in [-0.2, 0) is 16.8 Å². The molecule has 55 valence electrons. The summed E-state index contributed by atoms with van der Waals surface area (Å²) in [5.74, 6) is 0. The summed E-state index contributed by atoms with van der Waals surface area (Å²) in [6.45, 7) is 0. The van der Waals surface area contributed by atoms with Gasteiger partial charge in [-0.05, 0) is 0 Å². The monoisotopic (exact) mass is 185 g/mol. The van der Waals surface area contributed by atoms with Gasteiger partial charge in [0.25, 0.3) is 0 Å². The van der Waals surface area contributed by atoms with E-state index in [9.17, 15) is 0 Å². The predicted octanol–water partition coefficient (Wildman–Crippen LogP) is -17.9. The maximum absolute atomic E-state index is 0. The zero-order valence-electron chi connectivity index (χ0n) is 3.10. The summed E-state index contributed by atoms with van der Waals surface area (Å²) in [4.78, 5) is 0. The second-order valence-corrected chi connectivity index (χ2v) is 0. The van der Waals surface area contributed by atoms with E-state index in [-0.39, 0.29) is 52.4 Å². The summed E-state index contributed by atoms with van der Waals surface area (Å²) in [5.41, 5.74) is 0.